The zero-order valence-corrected chi connectivity index (χ0v) is 19.3. The summed E-state index contributed by atoms with van der Waals surface area (Å²) in [5, 5.41) is 3.10. The van der Waals surface area contributed by atoms with Crippen LogP contribution in [-0.4, -0.2) is 33.2 Å². The fourth-order valence-corrected chi connectivity index (χ4v) is 5.24. The van der Waals surface area contributed by atoms with Gasteiger partial charge in [-0.3, -0.25) is 9.10 Å². The maximum absolute atomic E-state index is 13.1. The Bertz CT molecular complexity index is 1100. The average Bonchev–Trinajstić information content (AvgIpc) is 2.71. The summed E-state index contributed by atoms with van der Waals surface area (Å²) in [6.07, 6.45) is 3.13. The van der Waals surface area contributed by atoms with Crippen LogP contribution in [0, 0.1) is 0 Å². The quantitative estimate of drug-likeness (QED) is 0.786. The van der Waals surface area contributed by atoms with Gasteiger partial charge in [0, 0.05) is 0 Å². The lowest BCUT2D eigenvalue weighted by molar-refractivity contribution is -0.128. The van der Waals surface area contributed by atoms with Gasteiger partial charge in [0.1, 0.15) is 5.75 Å². The fraction of sp³-hybridized carbons (Fsp3) is 0.458. The maximum atomic E-state index is 13.1. The largest absolute Gasteiger partial charge is 0.476 e. The SMILES string of the molecule is CC(C)(C)c1ccc2c(c1)N(S(C)(=O)=O)C[C@H](C(=O)N[C@H]1CCCc3ccccc31)O2. The Kier molecular flexibility index (Phi) is 5.50. The summed E-state index contributed by atoms with van der Waals surface area (Å²) in [5.41, 5.74) is 3.74. The fourth-order valence-electron chi connectivity index (χ4n) is 4.34. The standard InChI is InChI=1S/C24H30N2O4S/c1-24(2,3)17-12-13-21-20(14-17)26(31(4,28)29)15-22(30-21)23(27)25-19-11-7-9-16-8-5-6-10-18(16)19/h5-6,8,10,12-14,19,22H,7,9,11,15H2,1-4H3,(H,25,27)/t19-,22+/m0/s1. The van der Waals surface area contributed by atoms with Crippen LogP contribution in [0.4, 0.5) is 5.69 Å². The van der Waals surface area contributed by atoms with Gasteiger partial charge in [-0.15, -0.1) is 0 Å². The van der Waals surface area contributed by atoms with Gasteiger partial charge in [0.25, 0.3) is 5.91 Å². The van der Waals surface area contributed by atoms with E-state index in [9.17, 15) is 13.2 Å². The van der Waals surface area contributed by atoms with E-state index >= 15 is 0 Å². The summed E-state index contributed by atoms with van der Waals surface area (Å²) in [5.74, 6) is 0.120. The number of hydrogen-bond acceptors (Lipinski definition) is 4. The number of nitrogens with zero attached hydrogens (tertiary/aromatic N) is 1. The van der Waals surface area contributed by atoms with Gasteiger partial charge in [-0.2, -0.15) is 0 Å². The van der Waals surface area contributed by atoms with Gasteiger partial charge in [0.2, 0.25) is 10.0 Å². The lowest BCUT2D eigenvalue weighted by atomic mass is 9.86. The second-order valence-electron chi connectivity index (χ2n) is 9.49. The van der Waals surface area contributed by atoms with Crippen molar-refractivity contribution in [2.75, 3.05) is 17.1 Å². The van der Waals surface area contributed by atoms with E-state index in [1.807, 2.05) is 30.3 Å². The van der Waals surface area contributed by atoms with Crippen LogP contribution in [0.1, 0.15) is 56.3 Å². The molecule has 2 aromatic carbocycles. The zero-order chi connectivity index (χ0) is 22.4. The predicted molar refractivity (Wildman–Crippen MR) is 122 cm³/mol. The molecular weight excluding hydrogens is 412 g/mol. The number of sulfonamides is 1. The van der Waals surface area contributed by atoms with Crippen molar-refractivity contribution in [1.82, 2.24) is 5.32 Å². The van der Waals surface area contributed by atoms with Crippen LogP contribution in [0.15, 0.2) is 42.5 Å². The monoisotopic (exact) mass is 442 g/mol. The van der Waals surface area contributed by atoms with Crippen molar-refractivity contribution in [3.8, 4) is 5.75 Å². The Morgan fingerprint density at radius 3 is 2.61 bits per heavy atom. The summed E-state index contributed by atoms with van der Waals surface area (Å²) in [7, 11) is -3.58. The number of aryl methyl sites for hydroxylation is 1. The third kappa shape index (κ3) is 4.42. The molecule has 0 bridgehead atoms. The van der Waals surface area contributed by atoms with Crippen LogP contribution in [0.25, 0.3) is 0 Å². The number of amides is 1. The number of anilines is 1. The van der Waals surface area contributed by atoms with E-state index in [2.05, 4.69) is 32.2 Å². The third-order valence-electron chi connectivity index (χ3n) is 6.07. The van der Waals surface area contributed by atoms with Crippen molar-refractivity contribution in [1.29, 1.82) is 0 Å². The van der Waals surface area contributed by atoms with Crippen molar-refractivity contribution in [2.45, 2.75) is 57.6 Å². The van der Waals surface area contributed by atoms with Crippen molar-refractivity contribution in [3.05, 3.63) is 59.2 Å². The van der Waals surface area contributed by atoms with E-state index in [1.54, 1.807) is 6.07 Å². The second kappa shape index (κ2) is 7.86. The Morgan fingerprint density at radius 1 is 1.16 bits per heavy atom. The highest BCUT2D eigenvalue weighted by Gasteiger charge is 2.37. The molecule has 0 saturated carbocycles. The van der Waals surface area contributed by atoms with Gasteiger partial charge in [0.15, 0.2) is 6.10 Å². The van der Waals surface area contributed by atoms with Crippen LogP contribution in [0.3, 0.4) is 0 Å². The molecule has 0 unspecified atom stereocenters. The lowest BCUT2D eigenvalue weighted by Crippen LogP contribution is -2.51. The normalized spacial score (nSPS) is 21.0. The maximum Gasteiger partial charge on any atom is 0.263 e. The molecule has 31 heavy (non-hydrogen) atoms. The van der Waals surface area contributed by atoms with E-state index < -0.39 is 16.1 Å². The van der Waals surface area contributed by atoms with E-state index in [4.69, 9.17) is 4.74 Å². The second-order valence-corrected chi connectivity index (χ2v) is 11.4. The molecule has 2 atom stereocenters. The van der Waals surface area contributed by atoms with Crippen LogP contribution in [0.5, 0.6) is 5.75 Å². The van der Waals surface area contributed by atoms with Crippen LogP contribution >= 0.6 is 0 Å². The molecular formula is C24H30N2O4S. The van der Waals surface area contributed by atoms with E-state index in [1.165, 1.54) is 9.87 Å². The first-order chi connectivity index (χ1) is 14.5. The van der Waals surface area contributed by atoms with Crippen molar-refractivity contribution >= 4 is 21.6 Å². The number of ether oxygens (including phenoxy) is 1. The Labute approximate surface area is 184 Å². The van der Waals surface area contributed by atoms with E-state index in [-0.39, 0.29) is 23.9 Å². The zero-order valence-electron chi connectivity index (χ0n) is 18.5. The first kappa shape index (κ1) is 21.7. The average molecular weight is 443 g/mol. The first-order valence-corrected chi connectivity index (χ1v) is 12.6. The molecule has 1 amide bonds. The Balaban J connectivity index is 1.61. The molecule has 1 aliphatic carbocycles. The van der Waals surface area contributed by atoms with Crippen molar-refractivity contribution in [2.24, 2.45) is 0 Å². The Morgan fingerprint density at radius 2 is 1.90 bits per heavy atom. The van der Waals surface area contributed by atoms with Gasteiger partial charge >= 0.3 is 0 Å². The first-order valence-electron chi connectivity index (χ1n) is 10.7. The molecule has 1 aliphatic heterocycles. The molecule has 1 N–H and O–H groups in total. The minimum absolute atomic E-state index is 0.0420. The number of carbonyl (C=O) groups is 1. The van der Waals surface area contributed by atoms with Crippen molar-refractivity contribution < 1.29 is 17.9 Å². The molecule has 4 rings (SSSR count). The molecule has 0 saturated heterocycles. The summed E-state index contributed by atoms with van der Waals surface area (Å²) in [4.78, 5) is 13.1. The number of benzene rings is 2. The van der Waals surface area contributed by atoms with Crippen LogP contribution in [0.2, 0.25) is 0 Å². The molecule has 1 heterocycles. The van der Waals surface area contributed by atoms with Crippen LogP contribution < -0.4 is 14.4 Å². The number of carbonyl (C=O) groups excluding carboxylic acids is 1. The molecule has 0 fully saturated rings. The molecule has 0 aromatic heterocycles. The van der Waals surface area contributed by atoms with E-state index in [0.717, 1.165) is 36.6 Å². The number of rotatable bonds is 3. The van der Waals surface area contributed by atoms with Crippen LogP contribution in [-0.2, 0) is 26.7 Å². The van der Waals surface area contributed by atoms with Crippen molar-refractivity contribution in [3.63, 3.8) is 0 Å². The lowest BCUT2D eigenvalue weighted by Gasteiger charge is -2.36. The molecule has 6 nitrogen and oxygen atoms in total. The highest BCUT2D eigenvalue weighted by Crippen LogP contribution is 2.39. The molecule has 2 aromatic rings. The summed E-state index contributed by atoms with van der Waals surface area (Å²) in [6.45, 7) is 6.17. The summed E-state index contributed by atoms with van der Waals surface area (Å²) < 4.78 is 32.4. The number of hydrogen-bond donors (Lipinski definition) is 1. The molecule has 7 heteroatoms. The van der Waals surface area contributed by atoms with E-state index in [0.29, 0.717) is 11.4 Å². The van der Waals surface area contributed by atoms with Gasteiger partial charge in [0.05, 0.1) is 24.5 Å². The number of fused-ring (bicyclic) bond motifs is 2. The number of nitrogens with one attached hydrogen (secondary N) is 1. The van der Waals surface area contributed by atoms with Gasteiger partial charge in [-0.05, 0) is 53.5 Å². The van der Waals surface area contributed by atoms with Gasteiger partial charge in [-0.25, -0.2) is 8.42 Å². The highest BCUT2D eigenvalue weighted by atomic mass is 32.2. The molecule has 0 spiro atoms. The summed E-state index contributed by atoms with van der Waals surface area (Å²) >= 11 is 0. The molecule has 2 aliphatic rings. The smallest absolute Gasteiger partial charge is 0.263 e. The summed E-state index contributed by atoms with van der Waals surface area (Å²) in [6, 6.07) is 13.6. The minimum atomic E-state index is -3.58. The van der Waals surface area contributed by atoms with Gasteiger partial charge in [-0.1, -0.05) is 51.1 Å². The highest BCUT2D eigenvalue weighted by molar-refractivity contribution is 7.92. The topological polar surface area (TPSA) is 75.7 Å². The minimum Gasteiger partial charge on any atom is -0.476 e. The molecule has 0 radical (unpaired) electrons. The molecule has 166 valence electrons. The Hall–Kier alpha value is -2.54. The van der Waals surface area contributed by atoms with Gasteiger partial charge < -0.3 is 10.1 Å². The predicted octanol–water partition coefficient (Wildman–Crippen LogP) is 3.70. The third-order valence-corrected chi connectivity index (χ3v) is 7.22.